The van der Waals surface area contributed by atoms with Gasteiger partial charge in [0, 0.05) is 0 Å². The van der Waals surface area contributed by atoms with Gasteiger partial charge in [-0.25, -0.2) is 9.78 Å². The number of aromatic nitrogens is 1. The topological polar surface area (TPSA) is 77.2 Å². The van der Waals surface area contributed by atoms with Crippen LogP contribution in [0.1, 0.15) is 20.3 Å². The molecule has 1 heterocycles. The van der Waals surface area contributed by atoms with Gasteiger partial charge in [0.15, 0.2) is 0 Å². The average molecular weight is 237 g/mol. The summed E-state index contributed by atoms with van der Waals surface area (Å²) < 4.78 is 4.76. The van der Waals surface area contributed by atoms with Crippen LogP contribution in [0.15, 0.2) is 18.2 Å². The predicted molar refractivity (Wildman–Crippen MR) is 67.5 cm³/mol. The molecule has 5 nitrogen and oxygen atoms in total. The van der Waals surface area contributed by atoms with Crippen molar-refractivity contribution in [3.63, 3.8) is 0 Å². The molecule has 3 N–H and O–H groups in total. The molecule has 0 amide bonds. The molecule has 0 aromatic carbocycles. The van der Waals surface area contributed by atoms with Crippen LogP contribution < -0.4 is 11.1 Å². The summed E-state index contributed by atoms with van der Waals surface area (Å²) in [7, 11) is 1.38. The number of esters is 1. The third kappa shape index (κ3) is 4.30. The second-order valence-corrected chi connectivity index (χ2v) is 4.30. The third-order valence-electron chi connectivity index (χ3n) is 2.29. The summed E-state index contributed by atoms with van der Waals surface area (Å²) in [5.74, 6) is 1.10. The molecule has 0 saturated heterocycles. The number of pyridine rings is 1. The van der Waals surface area contributed by atoms with Crippen LogP contribution in [-0.4, -0.2) is 24.1 Å². The minimum Gasteiger partial charge on any atom is -0.467 e. The number of nitrogens with two attached hydrogens (primary N) is 1. The van der Waals surface area contributed by atoms with Crippen LogP contribution in [0.3, 0.4) is 0 Å². The number of carbonyl (C=O) groups excluding carboxylic acids is 1. The number of rotatable bonds is 5. The minimum absolute atomic E-state index is 0.289. The van der Waals surface area contributed by atoms with Crippen LogP contribution in [0.5, 0.6) is 0 Å². The molecule has 17 heavy (non-hydrogen) atoms. The second kappa shape index (κ2) is 6.08. The number of nitrogen functional groups attached to an aromatic ring is 1. The van der Waals surface area contributed by atoms with Gasteiger partial charge in [0.2, 0.25) is 0 Å². The summed E-state index contributed by atoms with van der Waals surface area (Å²) >= 11 is 0. The van der Waals surface area contributed by atoms with Crippen molar-refractivity contribution in [1.82, 2.24) is 4.98 Å². The van der Waals surface area contributed by atoms with Crippen LogP contribution in [0.25, 0.3) is 0 Å². The molecule has 1 rings (SSSR count). The number of ether oxygens (including phenoxy) is 1. The van der Waals surface area contributed by atoms with E-state index in [1.54, 1.807) is 18.2 Å². The normalized spacial score (nSPS) is 12.2. The SMILES string of the molecule is COC(=O)C(CC(C)C)Nc1cccc(N)n1. The van der Waals surface area contributed by atoms with Gasteiger partial charge in [0.25, 0.3) is 0 Å². The molecule has 0 aliphatic carbocycles. The van der Waals surface area contributed by atoms with Gasteiger partial charge in [-0.05, 0) is 24.5 Å². The van der Waals surface area contributed by atoms with Crippen LogP contribution in [-0.2, 0) is 9.53 Å². The van der Waals surface area contributed by atoms with Gasteiger partial charge in [-0.3, -0.25) is 0 Å². The molecule has 1 aromatic heterocycles. The van der Waals surface area contributed by atoms with Crippen molar-refractivity contribution in [3.05, 3.63) is 18.2 Å². The highest BCUT2D eigenvalue weighted by atomic mass is 16.5. The van der Waals surface area contributed by atoms with Crippen molar-refractivity contribution in [2.75, 3.05) is 18.2 Å². The summed E-state index contributed by atoms with van der Waals surface area (Å²) in [4.78, 5) is 15.7. The van der Waals surface area contributed by atoms with E-state index in [0.29, 0.717) is 24.0 Å². The second-order valence-electron chi connectivity index (χ2n) is 4.30. The van der Waals surface area contributed by atoms with Crippen molar-refractivity contribution < 1.29 is 9.53 Å². The quantitative estimate of drug-likeness (QED) is 0.762. The molecule has 0 fully saturated rings. The Hall–Kier alpha value is -1.78. The van der Waals surface area contributed by atoms with Crippen LogP contribution in [0.4, 0.5) is 11.6 Å². The summed E-state index contributed by atoms with van der Waals surface area (Å²) in [6.07, 6.45) is 0.684. The number of methoxy groups -OCH3 is 1. The molecule has 0 radical (unpaired) electrons. The highest BCUT2D eigenvalue weighted by Gasteiger charge is 2.20. The maximum absolute atomic E-state index is 11.6. The molecular weight excluding hydrogens is 218 g/mol. The lowest BCUT2D eigenvalue weighted by Gasteiger charge is -2.18. The Bertz CT molecular complexity index is 380. The Balaban J connectivity index is 2.75. The van der Waals surface area contributed by atoms with E-state index in [4.69, 9.17) is 10.5 Å². The van der Waals surface area contributed by atoms with Crippen LogP contribution >= 0.6 is 0 Å². The molecule has 1 aromatic rings. The number of nitrogens with zero attached hydrogens (tertiary/aromatic N) is 1. The zero-order valence-corrected chi connectivity index (χ0v) is 10.4. The lowest BCUT2D eigenvalue weighted by molar-refractivity contribution is -0.141. The average Bonchev–Trinajstić information content (AvgIpc) is 2.26. The molecule has 94 valence electrons. The molecule has 0 aliphatic rings. The predicted octanol–water partition coefficient (Wildman–Crippen LogP) is 1.66. The summed E-state index contributed by atoms with van der Waals surface area (Å²) in [5.41, 5.74) is 5.58. The van der Waals surface area contributed by atoms with Crippen molar-refractivity contribution >= 4 is 17.6 Å². The number of carbonyl (C=O) groups is 1. The van der Waals surface area contributed by atoms with Crippen molar-refractivity contribution in [2.45, 2.75) is 26.3 Å². The molecule has 5 heteroatoms. The van der Waals surface area contributed by atoms with E-state index in [1.165, 1.54) is 7.11 Å². The fourth-order valence-electron chi connectivity index (χ4n) is 1.54. The zero-order valence-electron chi connectivity index (χ0n) is 10.4. The molecule has 0 bridgehead atoms. The fraction of sp³-hybridized carbons (Fsp3) is 0.500. The molecule has 0 aliphatic heterocycles. The summed E-state index contributed by atoms with van der Waals surface area (Å²) in [6, 6.07) is 4.86. The highest BCUT2D eigenvalue weighted by Crippen LogP contribution is 2.13. The monoisotopic (exact) mass is 237 g/mol. The molecule has 0 saturated carbocycles. The van der Waals surface area contributed by atoms with Gasteiger partial charge in [-0.15, -0.1) is 0 Å². The Kier molecular flexibility index (Phi) is 4.75. The van der Waals surface area contributed by atoms with Gasteiger partial charge in [0.1, 0.15) is 17.7 Å². The van der Waals surface area contributed by atoms with Crippen molar-refractivity contribution in [1.29, 1.82) is 0 Å². The van der Waals surface area contributed by atoms with Crippen molar-refractivity contribution in [2.24, 2.45) is 5.92 Å². The van der Waals surface area contributed by atoms with E-state index < -0.39 is 6.04 Å². The lowest BCUT2D eigenvalue weighted by Crippen LogP contribution is -2.32. The summed E-state index contributed by atoms with van der Waals surface area (Å²) in [6.45, 7) is 4.09. The standard InChI is InChI=1S/C12H19N3O2/c1-8(2)7-9(12(16)17-3)14-11-6-4-5-10(13)15-11/h4-6,8-9H,7H2,1-3H3,(H3,13,14,15). The van der Waals surface area contributed by atoms with Crippen LogP contribution in [0.2, 0.25) is 0 Å². The van der Waals surface area contributed by atoms with E-state index >= 15 is 0 Å². The smallest absolute Gasteiger partial charge is 0.328 e. The number of hydrogen-bond acceptors (Lipinski definition) is 5. The maximum atomic E-state index is 11.6. The fourth-order valence-corrected chi connectivity index (χ4v) is 1.54. The maximum Gasteiger partial charge on any atom is 0.328 e. The van der Waals surface area contributed by atoms with E-state index in [-0.39, 0.29) is 5.97 Å². The highest BCUT2D eigenvalue weighted by molar-refractivity contribution is 5.78. The van der Waals surface area contributed by atoms with Crippen LogP contribution in [0, 0.1) is 5.92 Å². The van der Waals surface area contributed by atoms with Gasteiger partial charge < -0.3 is 15.8 Å². The first-order valence-corrected chi connectivity index (χ1v) is 5.59. The van der Waals surface area contributed by atoms with E-state index in [0.717, 1.165) is 0 Å². The molecule has 1 unspecified atom stereocenters. The lowest BCUT2D eigenvalue weighted by atomic mass is 10.0. The first-order chi connectivity index (χ1) is 8.02. The first kappa shape index (κ1) is 13.3. The van der Waals surface area contributed by atoms with Gasteiger partial charge in [-0.2, -0.15) is 0 Å². The largest absolute Gasteiger partial charge is 0.467 e. The molecule has 0 spiro atoms. The molecule has 1 atom stereocenters. The Morgan fingerprint density at radius 1 is 1.53 bits per heavy atom. The summed E-state index contributed by atoms with van der Waals surface area (Å²) in [5, 5.41) is 3.04. The zero-order chi connectivity index (χ0) is 12.8. The number of hydrogen-bond donors (Lipinski definition) is 2. The van der Waals surface area contributed by atoms with Gasteiger partial charge in [0.05, 0.1) is 7.11 Å². The number of anilines is 2. The Morgan fingerprint density at radius 3 is 2.76 bits per heavy atom. The third-order valence-corrected chi connectivity index (χ3v) is 2.29. The van der Waals surface area contributed by atoms with Crippen molar-refractivity contribution in [3.8, 4) is 0 Å². The Labute approximate surface area is 101 Å². The Morgan fingerprint density at radius 2 is 2.24 bits per heavy atom. The minimum atomic E-state index is -0.394. The van der Waals surface area contributed by atoms with E-state index in [9.17, 15) is 4.79 Å². The number of nitrogens with one attached hydrogen (secondary N) is 1. The van der Waals surface area contributed by atoms with E-state index in [1.807, 2.05) is 13.8 Å². The van der Waals surface area contributed by atoms with Gasteiger partial charge >= 0.3 is 5.97 Å². The van der Waals surface area contributed by atoms with E-state index in [2.05, 4.69) is 10.3 Å². The van der Waals surface area contributed by atoms with Gasteiger partial charge in [-0.1, -0.05) is 19.9 Å². The molecular formula is C12H19N3O2. The first-order valence-electron chi connectivity index (χ1n) is 5.59.